The second-order valence-electron chi connectivity index (χ2n) is 0.879. The molecule has 0 heterocycles. The number of aliphatic hydroxyl groups excluding tert-OH is 1. The highest BCUT2D eigenvalue weighted by atomic mass is 16.5. The molecule has 0 radical (unpaired) electrons. The highest BCUT2D eigenvalue weighted by Gasteiger charge is 1.98. The van der Waals surface area contributed by atoms with Gasteiger partial charge in [-0.15, -0.1) is 0 Å². The van der Waals surface area contributed by atoms with Gasteiger partial charge in [-0.05, 0) is 0 Å². The maximum atomic E-state index is 9.67. The zero-order valence-corrected chi connectivity index (χ0v) is 3.53. The van der Waals surface area contributed by atoms with Crippen molar-refractivity contribution in [3.05, 3.63) is 0 Å². The minimum atomic E-state index is -1.07. The summed E-state index contributed by atoms with van der Waals surface area (Å²) in [6, 6.07) is -1.07. The molecule has 0 bridgehead atoms. The molecule has 0 spiro atoms. The molecule has 0 saturated heterocycles. The molecule has 7 heavy (non-hydrogen) atoms. The number of carbonyl (C=O) groups excluding carboxylic acids is 1. The van der Waals surface area contributed by atoms with E-state index in [4.69, 9.17) is 10.3 Å². The number of nitrogens with zero attached hydrogens (tertiary/aromatic N) is 1. The van der Waals surface area contributed by atoms with E-state index < -0.39 is 12.8 Å². The van der Waals surface area contributed by atoms with Gasteiger partial charge in [-0.1, -0.05) is 0 Å². The Morgan fingerprint density at radius 2 is 2.29 bits per heavy atom. The molecule has 0 aromatic rings. The quantitative estimate of drug-likeness (QED) is 0.221. The molecule has 0 unspecified atom stereocenters. The van der Waals surface area contributed by atoms with Crippen molar-refractivity contribution in [2.45, 2.75) is 0 Å². The molecule has 5 nitrogen and oxygen atoms in total. The number of primary amides is 1. The second-order valence-corrected chi connectivity index (χ2v) is 0.879. The number of hydroxylamine groups is 2. The predicted molar refractivity (Wildman–Crippen MR) is 20.3 cm³/mol. The van der Waals surface area contributed by atoms with Gasteiger partial charge < -0.3 is 10.8 Å². The van der Waals surface area contributed by atoms with Gasteiger partial charge in [0.2, 0.25) is 0 Å². The first kappa shape index (κ1) is 6.19. The molecular formula is C2H6N2O3. The highest BCUT2D eigenvalue weighted by Crippen LogP contribution is 1.71. The summed E-state index contributed by atoms with van der Waals surface area (Å²) >= 11 is 0. The fraction of sp³-hybridized carbons (Fsp3) is 0.500. The molecule has 2 amide bonds. The minimum Gasteiger partial charge on any atom is -0.374 e. The highest BCUT2D eigenvalue weighted by molar-refractivity contribution is 5.70. The van der Waals surface area contributed by atoms with E-state index in [9.17, 15) is 4.79 Å². The van der Waals surface area contributed by atoms with E-state index in [1.807, 2.05) is 0 Å². The zero-order chi connectivity index (χ0) is 5.86. The third-order valence-corrected chi connectivity index (χ3v) is 0.388. The van der Waals surface area contributed by atoms with Crippen LogP contribution >= 0.6 is 0 Å². The van der Waals surface area contributed by atoms with Gasteiger partial charge in [-0.3, -0.25) is 5.21 Å². The lowest BCUT2D eigenvalue weighted by molar-refractivity contribution is -0.0935. The smallest absolute Gasteiger partial charge is 0.340 e. The molecule has 0 fully saturated rings. The van der Waals surface area contributed by atoms with Crippen LogP contribution in [0.1, 0.15) is 0 Å². The normalized spacial score (nSPS) is 8.29. The maximum absolute atomic E-state index is 9.67. The third kappa shape index (κ3) is 1.96. The lowest BCUT2D eigenvalue weighted by atomic mass is 11.0. The van der Waals surface area contributed by atoms with Gasteiger partial charge in [0.1, 0.15) is 6.73 Å². The topological polar surface area (TPSA) is 86.8 Å². The first-order chi connectivity index (χ1) is 3.18. The molecule has 0 rings (SSSR count). The summed E-state index contributed by atoms with van der Waals surface area (Å²) in [5.41, 5.74) is 4.42. The first-order valence-electron chi connectivity index (χ1n) is 1.55. The lowest BCUT2D eigenvalue weighted by Gasteiger charge is -2.04. The van der Waals surface area contributed by atoms with E-state index in [2.05, 4.69) is 5.73 Å². The molecule has 0 saturated carbocycles. The molecule has 4 N–H and O–H groups in total. The number of hydrogen-bond acceptors (Lipinski definition) is 3. The summed E-state index contributed by atoms with van der Waals surface area (Å²) in [5.74, 6) is 0. The summed E-state index contributed by atoms with van der Waals surface area (Å²) in [5, 5.41) is 15.9. The summed E-state index contributed by atoms with van der Waals surface area (Å²) in [6.45, 7) is -0.769. The number of nitrogens with two attached hydrogens (primary N) is 1. The Labute approximate surface area is 39.9 Å². The van der Waals surface area contributed by atoms with E-state index in [1.165, 1.54) is 0 Å². The third-order valence-electron chi connectivity index (χ3n) is 0.388. The Morgan fingerprint density at radius 1 is 1.86 bits per heavy atom. The van der Waals surface area contributed by atoms with Crippen LogP contribution in [0.3, 0.4) is 0 Å². The number of urea groups is 1. The monoisotopic (exact) mass is 106 g/mol. The fourth-order valence-electron chi connectivity index (χ4n) is 0.0697. The molecule has 42 valence electrons. The summed E-state index contributed by atoms with van der Waals surface area (Å²) in [4.78, 5) is 9.67. The standard InChI is InChI=1S/C2H6N2O3/c3-2(6)4(7)1-5/h5,7H,1H2,(H2,3,6). The number of carbonyl (C=O) groups is 1. The number of aliphatic hydroxyl groups is 1. The average Bonchev–Trinajstić information content (AvgIpc) is 1.65. The van der Waals surface area contributed by atoms with Gasteiger partial charge in [0.05, 0.1) is 0 Å². The van der Waals surface area contributed by atoms with Crippen LogP contribution in [0, 0.1) is 0 Å². The van der Waals surface area contributed by atoms with E-state index >= 15 is 0 Å². The first-order valence-corrected chi connectivity index (χ1v) is 1.55. The SMILES string of the molecule is NC(=O)N(O)CO. The van der Waals surface area contributed by atoms with E-state index in [1.54, 1.807) is 0 Å². The Bertz CT molecular complexity index is 73.3. The Morgan fingerprint density at radius 3 is 2.29 bits per heavy atom. The van der Waals surface area contributed by atoms with Gasteiger partial charge in [0, 0.05) is 0 Å². The number of rotatable bonds is 1. The predicted octanol–water partition coefficient (Wildman–Crippen LogP) is -1.29. The second kappa shape index (κ2) is 2.38. The lowest BCUT2D eigenvalue weighted by Crippen LogP contribution is -2.33. The van der Waals surface area contributed by atoms with Crippen molar-refractivity contribution in [2.75, 3.05) is 6.73 Å². The van der Waals surface area contributed by atoms with Crippen LogP contribution < -0.4 is 5.73 Å². The fourth-order valence-corrected chi connectivity index (χ4v) is 0.0697. The van der Waals surface area contributed by atoms with Crippen molar-refractivity contribution in [1.29, 1.82) is 0 Å². The minimum absolute atomic E-state index is 0.0139. The molecule has 0 aromatic carbocycles. The van der Waals surface area contributed by atoms with E-state index in [0.717, 1.165) is 0 Å². The molecular weight excluding hydrogens is 100 g/mol. The molecule has 5 heteroatoms. The van der Waals surface area contributed by atoms with Gasteiger partial charge in [0.25, 0.3) is 0 Å². The van der Waals surface area contributed by atoms with Crippen LogP contribution in [0.25, 0.3) is 0 Å². The van der Waals surface area contributed by atoms with Crippen LogP contribution in [0.5, 0.6) is 0 Å². The zero-order valence-electron chi connectivity index (χ0n) is 3.53. The molecule has 0 aliphatic heterocycles. The maximum Gasteiger partial charge on any atom is 0.340 e. The van der Waals surface area contributed by atoms with Crippen molar-refractivity contribution in [1.82, 2.24) is 5.06 Å². The summed E-state index contributed by atoms with van der Waals surface area (Å²) in [6.07, 6.45) is 0. The summed E-state index contributed by atoms with van der Waals surface area (Å²) < 4.78 is 0. The van der Waals surface area contributed by atoms with Gasteiger partial charge >= 0.3 is 6.03 Å². The molecule has 0 aliphatic carbocycles. The Balaban J connectivity index is 3.34. The molecule has 0 aromatic heterocycles. The van der Waals surface area contributed by atoms with Crippen molar-refractivity contribution in [3.63, 3.8) is 0 Å². The number of amides is 2. The van der Waals surface area contributed by atoms with Crippen molar-refractivity contribution in [3.8, 4) is 0 Å². The van der Waals surface area contributed by atoms with Gasteiger partial charge in [-0.25, -0.2) is 4.79 Å². The van der Waals surface area contributed by atoms with Crippen LogP contribution in [0.2, 0.25) is 0 Å². The van der Waals surface area contributed by atoms with Gasteiger partial charge in [0.15, 0.2) is 0 Å². The molecule has 0 atom stereocenters. The average molecular weight is 106 g/mol. The van der Waals surface area contributed by atoms with E-state index in [0.29, 0.717) is 0 Å². The van der Waals surface area contributed by atoms with Crippen LogP contribution in [0.15, 0.2) is 0 Å². The van der Waals surface area contributed by atoms with Crippen molar-refractivity contribution in [2.24, 2.45) is 5.73 Å². The largest absolute Gasteiger partial charge is 0.374 e. The summed E-state index contributed by atoms with van der Waals surface area (Å²) in [7, 11) is 0. The van der Waals surface area contributed by atoms with Crippen molar-refractivity contribution >= 4 is 6.03 Å². The molecule has 0 aliphatic rings. The van der Waals surface area contributed by atoms with Crippen LogP contribution in [0.4, 0.5) is 4.79 Å². The Kier molecular flexibility index (Phi) is 2.10. The van der Waals surface area contributed by atoms with Crippen LogP contribution in [-0.2, 0) is 0 Å². The van der Waals surface area contributed by atoms with Crippen molar-refractivity contribution < 1.29 is 15.1 Å². The Hall–Kier alpha value is -0.810. The number of hydrogen-bond donors (Lipinski definition) is 3. The van der Waals surface area contributed by atoms with E-state index in [-0.39, 0.29) is 5.06 Å². The van der Waals surface area contributed by atoms with Gasteiger partial charge in [-0.2, -0.15) is 5.06 Å². The van der Waals surface area contributed by atoms with Crippen LogP contribution in [-0.4, -0.2) is 28.1 Å².